The van der Waals surface area contributed by atoms with Gasteiger partial charge in [0.1, 0.15) is 5.54 Å². The second kappa shape index (κ2) is 6.50. The molecule has 1 rings (SSSR count). The first-order valence-corrected chi connectivity index (χ1v) is 7.66. The maximum atomic E-state index is 12.3. The van der Waals surface area contributed by atoms with Crippen LogP contribution in [0, 0.1) is 5.41 Å². The standard InChI is InChI=1S/C16H28N2O3/c1-6-16(7-2,13(19)20)17-14(21)18-10-8-12(9-11-18)15(3,4)5/h8H,6-7,9-11H2,1-5H3,(H,17,21)(H,19,20). The predicted molar refractivity (Wildman–Crippen MR) is 83.2 cm³/mol. The second-order valence-corrected chi connectivity index (χ2v) is 6.70. The average Bonchev–Trinajstić information content (AvgIpc) is 2.43. The van der Waals surface area contributed by atoms with Gasteiger partial charge in [0.2, 0.25) is 0 Å². The zero-order valence-electron chi connectivity index (χ0n) is 13.8. The molecule has 0 fully saturated rings. The number of carboxylic acid groups (broad SMARTS) is 1. The van der Waals surface area contributed by atoms with Crippen molar-refractivity contribution < 1.29 is 14.7 Å². The Labute approximate surface area is 127 Å². The highest BCUT2D eigenvalue weighted by Crippen LogP contribution is 2.30. The summed E-state index contributed by atoms with van der Waals surface area (Å²) in [7, 11) is 0. The van der Waals surface area contributed by atoms with E-state index in [9.17, 15) is 14.7 Å². The van der Waals surface area contributed by atoms with Gasteiger partial charge in [-0.25, -0.2) is 9.59 Å². The summed E-state index contributed by atoms with van der Waals surface area (Å²) in [5, 5.41) is 12.1. The van der Waals surface area contributed by atoms with Crippen molar-refractivity contribution in [1.29, 1.82) is 0 Å². The van der Waals surface area contributed by atoms with Crippen molar-refractivity contribution in [1.82, 2.24) is 10.2 Å². The van der Waals surface area contributed by atoms with Crippen LogP contribution in [0.3, 0.4) is 0 Å². The number of carbonyl (C=O) groups excluding carboxylic acids is 1. The molecule has 0 saturated carbocycles. The van der Waals surface area contributed by atoms with Gasteiger partial charge in [-0.2, -0.15) is 0 Å². The van der Waals surface area contributed by atoms with E-state index in [-0.39, 0.29) is 11.4 Å². The molecule has 2 amide bonds. The first kappa shape index (κ1) is 17.5. The molecule has 0 aromatic heterocycles. The van der Waals surface area contributed by atoms with Crippen LogP contribution in [0.25, 0.3) is 0 Å². The molecular weight excluding hydrogens is 268 g/mol. The summed E-state index contributed by atoms with van der Waals surface area (Å²) in [6.07, 6.45) is 3.68. The molecule has 0 saturated heterocycles. The molecule has 2 N–H and O–H groups in total. The number of rotatable bonds is 4. The van der Waals surface area contributed by atoms with E-state index in [0.717, 1.165) is 6.42 Å². The van der Waals surface area contributed by atoms with Crippen LogP contribution in [-0.2, 0) is 4.79 Å². The number of nitrogens with zero attached hydrogens (tertiary/aromatic N) is 1. The van der Waals surface area contributed by atoms with Crippen LogP contribution >= 0.6 is 0 Å². The zero-order chi connectivity index (χ0) is 16.3. The smallest absolute Gasteiger partial charge is 0.329 e. The average molecular weight is 296 g/mol. The summed E-state index contributed by atoms with van der Waals surface area (Å²) in [5.41, 5.74) is 0.313. The van der Waals surface area contributed by atoms with Crippen molar-refractivity contribution in [3.8, 4) is 0 Å². The number of carboxylic acids is 1. The first-order chi connectivity index (χ1) is 9.66. The van der Waals surface area contributed by atoms with Crippen molar-refractivity contribution in [2.24, 2.45) is 5.41 Å². The molecule has 0 aromatic rings. The van der Waals surface area contributed by atoms with Gasteiger partial charge < -0.3 is 15.3 Å². The Morgan fingerprint density at radius 2 is 1.86 bits per heavy atom. The molecule has 0 aliphatic carbocycles. The Kier molecular flexibility index (Phi) is 5.42. The van der Waals surface area contributed by atoms with Gasteiger partial charge in [-0.05, 0) is 24.7 Å². The van der Waals surface area contributed by atoms with Gasteiger partial charge in [0.15, 0.2) is 0 Å². The Morgan fingerprint density at radius 1 is 1.29 bits per heavy atom. The van der Waals surface area contributed by atoms with Gasteiger partial charge in [-0.1, -0.05) is 46.3 Å². The molecule has 1 heterocycles. The van der Waals surface area contributed by atoms with E-state index in [4.69, 9.17) is 0 Å². The van der Waals surface area contributed by atoms with Crippen LogP contribution in [0.1, 0.15) is 53.9 Å². The zero-order valence-corrected chi connectivity index (χ0v) is 13.8. The van der Waals surface area contributed by atoms with Crippen molar-refractivity contribution in [3.63, 3.8) is 0 Å². The molecule has 0 bridgehead atoms. The number of urea groups is 1. The third-order valence-electron chi connectivity index (χ3n) is 4.42. The Balaban J connectivity index is 2.75. The summed E-state index contributed by atoms with van der Waals surface area (Å²) in [5.74, 6) is -0.969. The highest BCUT2D eigenvalue weighted by atomic mass is 16.4. The van der Waals surface area contributed by atoms with E-state index >= 15 is 0 Å². The van der Waals surface area contributed by atoms with E-state index in [1.165, 1.54) is 5.57 Å². The lowest BCUT2D eigenvalue weighted by atomic mass is 9.83. The molecule has 5 heteroatoms. The van der Waals surface area contributed by atoms with Crippen LogP contribution < -0.4 is 5.32 Å². The summed E-state index contributed by atoms with van der Waals surface area (Å²) < 4.78 is 0. The minimum atomic E-state index is -1.16. The quantitative estimate of drug-likeness (QED) is 0.783. The Morgan fingerprint density at radius 3 is 2.19 bits per heavy atom. The minimum Gasteiger partial charge on any atom is -0.480 e. The van der Waals surface area contributed by atoms with Gasteiger partial charge in [0, 0.05) is 13.1 Å². The van der Waals surface area contributed by atoms with Crippen LogP contribution in [-0.4, -0.2) is 40.6 Å². The van der Waals surface area contributed by atoms with Crippen LogP contribution in [0.2, 0.25) is 0 Å². The van der Waals surface area contributed by atoms with E-state index < -0.39 is 11.5 Å². The molecule has 120 valence electrons. The second-order valence-electron chi connectivity index (χ2n) is 6.70. The summed E-state index contributed by atoms with van der Waals surface area (Å²) in [4.78, 5) is 25.4. The number of aliphatic carboxylic acids is 1. The van der Waals surface area contributed by atoms with Gasteiger partial charge in [0.25, 0.3) is 0 Å². The maximum Gasteiger partial charge on any atom is 0.329 e. The molecule has 0 spiro atoms. The summed E-state index contributed by atoms with van der Waals surface area (Å²) >= 11 is 0. The molecule has 0 unspecified atom stereocenters. The SMILES string of the molecule is CCC(CC)(NC(=O)N1CC=C(C(C)(C)C)CC1)C(=O)O. The Hall–Kier alpha value is -1.52. The number of nitrogens with one attached hydrogen (secondary N) is 1. The fourth-order valence-electron chi connectivity index (χ4n) is 2.60. The molecule has 5 nitrogen and oxygen atoms in total. The van der Waals surface area contributed by atoms with Crippen molar-refractivity contribution in [2.75, 3.05) is 13.1 Å². The van der Waals surface area contributed by atoms with Crippen molar-refractivity contribution >= 4 is 12.0 Å². The largest absolute Gasteiger partial charge is 0.480 e. The maximum absolute atomic E-state index is 12.3. The lowest BCUT2D eigenvalue weighted by Gasteiger charge is -2.35. The number of amides is 2. The molecule has 1 aliphatic rings. The fraction of sp³-hybridized carbons (Fsp3) is 0.750. The van der Waals surface area contributed by atoms with Gasteiger partial charge in [-0.3, -0.25) is 0 Å². The highest BCUT2D eigenvalue weighted by molar-refractivity contribution is 5.86. The minimum absolute atomic E-state index is 0.125. The summed E-state index contributed by atoms with van der Waals surface area (Å²) in [6, 6.07) is -0.287. The van der Waals surface area contributed by atoms with Gasteiger partial charge in [-0.15, -0.1) is 0 Å². The molecule has 1 aliphatic heterocycles. The monoisotopic (exact) mass is 296 g/mol. The number of hydrogen-bond donors (Lipinski definition) is 2. The molecule has 21 heavy (non-hydrogen) atoms. The summed E-state index contributed by atoms with van der Waals surface area (Å²) in [6.45, 7) is 11.2. The normalized spacial score (nSPS) is 16.4. The number of carbonyl (C=O) groups is 2. The number of hydrogen-bond acceptors (Lipinski definition) is 2. The first-order valence-electron chi connectivity index (χ1n) is 7.66. The fourth-order valence-corrected chi connectivity index (χ4v) is 2.60. The van der Waals surface area contributed by atoms with E-state index in [2.05, 4.69) is 32.2 Å². The molecule has 0 atom stereocenters. The topological polar surface area (TPSA) is 69.6 Å². The molecule has 0 radical (unpaired) electrons. The van der Waals surface area contributed by atoms with Gasteiger partial charge >= 0.3 is 12.0 Å². The third-order valence-corrected chi connectivity index (χ3v) is 4.42. The van der Waals surface area contributed by atoms with Crippen molar-refractivity contribution in [2.45, 2.75) is 59.4 Å². The van der Waals surface area contributed by atoms with Crippen LogP contribution in [0.15, 0.2) is 11.6 Å². The van der Waals surface area contributed by atoms with E-state index in [1.54, 1.807) is 18.7 Å². The Bertz CT molecular complexity index is 431. The highest BCUT2D eigenvalue weighted by Gasteiger charge is 2.37. The lowest BCUT2D eigenvalue weighted by molar-refractivity contribution is -0.144. The predicted octanol–water partition coefficient (Wildman–Crippen LogP) is 3.02. The van der Waals surface area contributed by atoms with E-state index in [1.807, 2.05) is 0 Å². The lowest BCUT2D eigenvalue weighted by Crippen LogP contribution is -2.57. The van der Waals surface area contributed by atoms with Crippen molar-refractivity contribution in [3.05, 3.63) is 11.6 Å². The van der Waals surface area contributed by atoms with E-state index in [0.29, 0.717) is 25.9 Å². The van der Waals surface area contributed by atoms with Gasteiger partial charge in [0.05, 0.1) is 0 Å². The van der Waals surface area contributed by atoms with Crippen LogP contribution in [0.4, 0.5) is 4.79 Å². The van der Waals surface area contributed by atoms with Crippen LogP contribution in [0.5, 0.6) is 0 Å². The third kappa shape index (κ3) is 3.99. The molecular formula is C16H28N2O3. The molecule has 0 aromatic carbocycles.